The molecule has 1 rings (SSSR count). The summed E-state index contributed by atoms with van der Waals surface area (Å²) in [5.74, 6) is -0.958. The van der Waals surface area contributed by atoms with Crippen molar-refractivity contribution in [1.82, 2.24) is 0 Å². The molecule has 0 bridgehead atoms. The Morgan fingerprint density at radius 3 is 2.67 bits per heavy atom. The molecule has 0 saturated carbocycles. The molecule has 0 unspecified atom stereocenters. The van der Waals surface area contributed by atoms with Crippen molar-refractivity contribution < 1.29 is 14.6 Å². The van der Waals surface area contributed by atoms with E-state index in [4.69, 9.17) is 15.1 Å². The van der Waals surface area contributed by atoms with Crippen molar-refractivity contribution in [2.75, 3.05) is 7.11 Å². The number of methoxy groups -OCH3 is 1. The number of aromatic carboxylic acids is 1. The number of rotatable bonds is 3. The van der Waals surface area contributed by atoms with Gasteiger partial charge in [-0.3, -0.25) is 0 Å². The van der Waals surface area contributed by atoms with Gasteiger partial charge in [-0.2, -0.15) is 5.26 Å². The molecule has 0 aromatic heterocycles. The van der Waals surface area contributed by atoms with Gasteiger partial charge >= 0.3 is 5.97 Å². The molecular weight excluding hydrogens is 194 g/mol. The fourth-order valence-electron chi connectivity index (χ4n) is 1.35. The number of nitrogens with zero attached hydrogens (tertiary/aromatic N) is 1. The van der Waals surface area contributed by atoms with E-state index in [1.54, 1.807) is 6.07 Å². The molecule has 0 heterocycles. The first-order valence-corrected chi connectivity index (χ1v) is 4.48. The van der Waals surface area contributed by atoms with Gasteiger partial charge in [0.1, 0.15) is 11.6 Å². The smallest absolute Gasteiger partial charge is 0.339 e. The van der Waals surface area contributed by atoms with Crippen LogP contribution in [0.25, 0.3) is 0 Å². The summed E-state index contributed by atoms with van der Waals surface area (Å²) in [6.45, 7) is 1.90. The van der Waals surface area contributed by atoms with Gasteiger partial charge in [0.05, 0.1) is 12.7 Å². The molecule has 0 saturated heterocycles. The Balaban J connectivity index is 3.48. The molecule has 1 N–H and O–H groups in total. The molecule has 0 aliphatic rings. The van der Waals surface area contributed by atoms with E-state index in [2.05, 4.69) is 0 Å². The summed E-state index contributed by atoms with van der Waals surface area (Å²) in [4.78, 5) is 10.9. The second-order valence-electron chi connectivity index (χ2n) is 2.99. The fraction of sp³-hybridized carbons (Fsp3) is 0.273. The Hall–Kier alpha value is -2.02. The maximum Gasteiger partial charge on any atom is 0.339 e. The van der Waals surface area contributed by atoms with Crippen molar-refractivity contribution >= 4 is 5.97 Å². The summed E-state index contributed by atoms with van der Waals surface area (Å²) < 4.78 is 4.92. The number of hydrogen-bond donors (Lipinski definition) is 1. The lowest BCUT2D eigenvalue weighted by molar-refractivity contribution is 0.0693. The zero-order valence-electron chi connectivity index (χ0n) is 8.57. The van der Waals surface area contributed by atoms with E-state index in [0.29, 0.717) is 6.42 Å². The molecule has 0 atom stereocenters. The topological polar surface area (TPSA) is 70.3 Å². The monoisotopic (exact) mass is 205 g/mol. The van der Waals surface area contributed by atoms with Crippen molar-refractivity contribution in [3.8, 4) is 11.8 Å². The predicted molar refractivity (Wildman–Crippen MR) is 54.0 cm³/mol. The molecule has 4 heteroatoms. The molecule has 78 valence electrons. The van der Waals surface area contributed by atoms with Crippen LogP contribution in [0.1, 0.15) is 28.4 Å². The zero-order valence-corrected chi connectivity index (χ0v) is 8.57. The third-order valence-electron chi connectivity index (χ3n) is 2.11. The summed E-state index contributed by atoms with van der Waals surface area (Å²) >= 11 is 0. The van der Waals surface area contributed by atoms with Gasteiger partial charge in [-0.15, -0.1) is 0 Å². The molecule has 0 amide bonds. The molecule has 15 heavy (non-hydrogen) atoms. The van der Waals surface area contributed by atoms with Crippen LogP contribution >= 0.6 is 0 Å². The van der Waals surface area contributed by atoms with Crippen LogP contribution in [0.3, 0.4) is 0 Å². The zero-order chi connectivity index (χ0) is 11.4. The highest BCUT2D eigenvalue weighted by atomic mass is 16.5. The van der Waals surface area contributed by atoms with E-state index in [9.17, 15) is 4.79 Å². The first kappa shape index (κ1) is 11.1. The maximum atomic E-state index is 10.9. The van der Waals surface area contributed by atoms with Gasteiger partial charge in [-0.1, -0.05) is 6.92 Å². The third kappa shape index (κ3) is 2.08. The normalized spacial score (nSPS) is 9.40. The van der Waals surface area contributed by atoms with Crippen LogP contribution in [0, 0.1) is 11.3 Å². The lowest BCUT2D eigenvalue weighted by atomic mass is 10.0. The number of carboxylic acid groups (broad SMARTS) is 1. The number of aryl methyl sites for hydroxylation is 1. The first-order chi connectivity index (χ1) is 7.13. The predicted octanol–water partition coefficient (Wildman–Crippen LogP) is 1.83. The third-order valence-corrected chi connectivity index (χ3v) is 2.11. The number of carboxylic acids is 1. The number of ether oxygens (including phenoxy) is 1. The molecule has 0 radical (unpaired) electrons. The summed E-state index contributed by atoms with van der Waals surface area (Å²) in [5, 5.41) is 17.8. The molecule has 0 spiro atoms. The highest BCUT2D eigenvalue weighted by molar-refractivity contribution is 5.92. The van der Waals surface area contributed by atoms with Crippen molar-refractivity contribution in [2.45, 2.75) is 13.3 Å². The minimum atomic E-state index is -1.08. The fourth-order valence-corrected chi connectivity index (χ4v) is 1.35. The summed E-state index contributed by atoms with van der Waals surface area (Å²) in [6, 6.07) is 5.10. The van der Waals surface area contributed by atoms with Gasteiger partial charge in [-0.05, 0) is 24.1 Å². The van der Waals surface area contributed by atoms with Crippen molar-refractivity contribution in [2.24, 2.45) is 0 Å². The van der Waals surface area contributed by atoms with Crippen molar-refractivity contribution in [3.63, 3.8) is 0 Å². The van der Waals surface area contributed by atoms with E-state index < -0.39 is 5.97 Å². The van der Waals surface area contributed by atoms with E-state index >= 15 is 0 Å². The average Bonchev–Trinajstić information content (AvgIpc) is 2.26. The highest BCUT2D eigenvalue weighted by Gasteiger charge is 2.16. The first-order valence-electron chi connectivity index (χ1n) is 4.48. The van der Waals surface area contributed by atoms with E-state index in [0.717, 1.165) is 5.56 Å². The van der Waals surface area contributed by atoms with Crippen LogP contribution in [0.15, 0.2) is 12.1 Å². The SMILES string of the molecule is CCc1cc(C#N)c(OC)c(C(=O)O)c1. The number of nitriles is 1. The van der Waals surface area contributed by atoms with Gasteiger partial charge < -0.3 is 9.84 Å². The minimum absolute atomic E-state index is 0.0356. The van der Waals surface area contributed by atoms with Crippen molar-refractivity contribution in [3.05, 3.63) is 28.8 Å². The second-order valence-corrected chi connectivity index (χ2v) is 2.99. The Morgan fingerprint density at radius 2 is 2.27 bits per heavy atom. The van der Waals surface area contributed by atoms with Crippen LogP contribution in [-0.2, 0) is 6.42 Å². The largest absolute Gasteiger partial charge is 0.494 e. The molecule has 1 aromatic rings. The van der Waals surface area contributed by atoms with E-state index in [1.807, 2.05) is 13.0 Å². The molecule has 0 aliphatic carbocycles. The van der Waals surface area contributed by atoms with Gasteiger partial charge in [0, 0.05) is 0 Å². The van der Waals surface area contributed by atoms with Gasteiger partial charge in [0.25, 0.3) is 0 Å². The van der Waals surface area contributed by atoms with Gasteiger partial charge in [0.2, 0.25) is 0 Å². The summed E-state index contributed by atoms with van der Waals surface area (Å²) in [5.41, 5.74) is 1.10. The van der Waals surface area contributed by atoms with Crippen LogP contribution in [-0.4, -0.2) is 18.2 Å². The Labute approximate surface area is 87.7 Å². The molecule has 4 nitrogen and oxygen atoms in total. The van der Waals surface area contributed by atoms with E-state index in [1.165, 1.54) is 13.2 Å². The Kier molecular flexibility index (Phi) is 3.29. The maximum absolute atomic E-state index is 10.9. The van der Waals surface area contributed by atoms with E-state index in [-0.39, 0.29) is 16.9 Å². The van der Waals surface area contributed by atoms with Crippen LogP contribution in [0.4, 0.5) is 0 Å². The minimum Gasteiger partial charge on any atom is -0.494 e. The highest BCUT2D eigenvalue weighted by Crippen LogP contribution is 2.25. The van der Waals surface area contributed by atoms with Crippen molar-refractivity contribution in [1.29, 1.82) is 5.26 Å². The second kappa shape index (κ2) is 4.47. The molecule has 0 fully saturated rings. The molecular formula is C11H11NO3. The Morgan fingerprint density at radius 1 is 1.60 bits per heavy atom. The average molecular weight is 205 g/mol. The summed E-state index contributed by atoms with van der Waals surface area (Å²) in [7, 11) is 1.36. The Bertz CT molecular complexity index is 432. The number of benzene rings is 1. The molecule has 1 aromatic carbocycles. The number of hydrogen-bond acceptors (Lipinski definition) is 3. The standard InChI is InChI=1S/C11H11NO3/c1-3-7-4-8(6-12)10(15-2)9(5-7)11(13)14/h4-5H,3H2,1-2H3,(H,13,14). The molecule has 0 aliphatic heterocycles. The number of carbonyl (C=O) groups is 1. The van der Waals surface area contributed by atoms with Gasteiger partial charge in [0.15, 0.2) is 5.75 Å². The van der Waals surface area contributed by atoms with Gasteiger partial charge in [-0.25, -0.2) is 4.79 Å². The summed E-state index contributed by atoms with van der Waals surface area (Å²) in [6.07, 6.45) is 0.680. The lowest BCUT2D eigenvalue weighted by Crippen LogP contribution is -2.03. The quantitative estimate of drug-likeness (QED) is 0.817. The van der Waals surface area contributed by atoms with Crippen LogP contribution in [0.2, 0.25) is 0 Å². The van der Waals surface area contributed by atoms with Crippen LogP contribution in [0.5, 0.6) is 5.75 Å². The lowest BCUT2D eigenvalue weighted by Gasteiger charge is -2.08. The van der Waals surface area contributed by atoms with Crippen LogP contribution < -0.4 is 4.74 Å².